The molecule has 0 heterocycles. The van der Waals surface area contributed by atoms with E-state index in [2.05, 4.69) is 5.32 Å². The Morgan fingerprint density at radius 3 is 1.58 bits per heavy atom. The number of carboxylic acid groups (broad SMARTS) is 4. The van der Waals surface area contributed by atoms with Gasteiger partial charge in [0.15, 0.2) is 0 Å². The Balaban J connectivity index is 3.14. The monoisotopic (exact) mass is 510 g/mol. The van der Waals surface area contributed by atoms with Gasteiger partial charge in [0.2, 0.25) is 17.7 Å². The number of carboxylic acids is 4. The third-order valence-corrected chi connectivity index (χ3v) is 4.65. The molecule has 0 aliphatic heterocycles. The third kappa shape index (κ3) is 10.6. The summed E-state index contributed by atoms with van der Waals surface area (Å²) >= 11 is 0. The van der Waals surface area contributed by atoms with E-state index in [0.29, 0.717) is 5.56 Å². The number of nitrogens with one attached hydrogen (secondary N) is 3. The summed E-state index contributed by atoms with van der Waals surface area (Å²) in [5, 5.41) is 42.2. The van der Waals surface area contributed by atoms with Crippen LogP contribution in [0.25, 0.3) is 0 Å². The van der Waals surface area contributed by atoms with Crippen molar-refractivity contribution >= 4 is 41.6 Å². The number of carbonyl (C=O) groups excluding carboxylic acids is 3. The second kappa shape index (κ2) is 14.0. The maximum atomic E-state index is 12.8. The third-order valence-electron chi connectivity index (χ3n) is 4.65. The molecule has 36 heavy (non-hydrogen) atoms. The largest absolute Gasteiger partial charge is 0.481 e. The molecule has 4 atom stereocenters. The predicted octanol–water partition coefficient (Wildman–Crippen LogP) is -2.48. The molecule has 15 heteroatoms. The molecule has 0 spiro atoms. The maximum absolute atomic E-state index is 12.8. The molecule has 0 aliphatic rings. The molecule has 9 N–H and O–H groups in total. The van der Waals surface area contributed by atoms with Gasteiger partial charge < -0.3 is 42.1 Å². The Labute approximate surface area is 203 Å². The number of aliphatic carboxylic acids is 4. The Morgan fingerprint density at radius 1 is 0.639 bits per heavy atom. The summed E-state index contributed by atoms with van der Waals surface area (Å²) in [7, 11) is 0. The Hall–Kier alpha value is -4.53. The number of hydrogen-bond donors (Lipinski definition) is 8. The van der Waals surface area contributed by atoms with E-state index >= 15 is 0 Å². The van der Waals surface area contributed by atoms with Gasteiger partial charge in [-0.1, -0.05) is 30.3 Å². The quantitative estimate of drug-likeness (QED) is 0.122. The Bertz CT molecular complexity index is 999. The highest BCUT2D eigenvalue weighted by atomic mass is 16.4. The summed E-state index contributed by atoms with van der Waals surface area (Å²) in [5.74, 6) is -9.44. The summed E-state index contributed by atoms with van der Waals surface area (Å²) in [6.07, 6.45) is -2.91. The SMILES string of the molecule is NC(CC(=O)O)C(=O)NC(CC(=O)O)C(=O)NC(Cc1ccccc1)C(=O)NC(CC(=O)O)C(=O)O. The molecule has 0 bridgehead atoms. The van der Waals surface area contributed by atoms with Crippen molar-refractivity contribution in [3.63, 3.8) is 0 Å². The number of carbonyl (C=O) groups is 7. The lowest BCUT2D eigenvalue weighted by Crippen LogP contribution is -2.58. The summed E-state index contributed by atoms with van der Waals surface area (Å²) in [6, 6.07) is 1.38. The van der Waals surface area contributed by atoms with Gasteiger partial charge in [-0.2, -0.15) is 0 Å². The summed E-state index contributed by atoms with van der Waals surface area (Å²) in [4.78, 5) is 82.0. The molecular formula is C21H26N4O11. The van der Waals surface area contributed by atoms with Gasteiger partial charge in [-0.25, -0.2) is 4.79 Å². The lowest BCUT2D eigenvalue weighted by molar-refractivity contribution is -0.147. The highest BCUT2D eigenvalue weighted by Gasteiger charge is 2.32. The van der Waals surface area contributed by atoms with Gasteiger partial charge in [0.1, 0.15) is 18.1 Å². The zero-order valence-electron chi connectivity index (χ0n) is 18.7. The van der Waals surface area contributed by atoms with Crippen LogP contribution < -0.4 is 21.7 Å². The molecule has 3 amide bonds. The number of amides is 3. The van der Waals surface area contributed by atoms with E-state index in [-0.39, 0.29) is 6.42 Å². The highest BCUT2D eigenvalue weighted by Crippen LogP contribution is 2.06. The molecule has 1 aromatic rings. The highest BCUT2D eigenvalue weighted by molar-refractivity contribution is 5.96. The minimum atomic E-state index is -1.83. The van der Waals surface area contributed by atoms with Crippen molar-refractivity contribution < 1.29 is 54.0 Å². The van der Waals surface area contributed by atoms with Crippen molar-refractivity contribution in [3.8, 4) is 0 Å². The van der Waals surface area contributed by atoms with Crippen molar-refractivity contribution in [2.24, 2.45) is 5.73 Å². The maximum Gasteiger partial charge on any atom is 0.326 e. The number of rotatable bonds is 15. The molecule has 0 radical (unpaired) electrons. The average Bonchev–Trinajstić information content (AvgIpc) is 2.77. The van der Waals surface area contributed by atoms with Gasteiger partial charge in [-0.05, 0) is 5.56 Å². The first-order valence-corrected chi connectivity index (χ1v) is 10.4. The molecule has 1 rings (SSSR count). The summed E-state index contributed by atoms with van der Waals surface area (Å²) < 4.78 is 0. The Morgan fingerprint density at radius 2 is 1.08 bits per heavy atom. The van der Waals surface area contributed by atoms with Crippen LogP contribution in [0.2, 0.25) is 0 Å². The molecular weight excluding hydrogens is 484 g/mol. The standard InChI is InChI=1S/C21H26N4O11/c22-11(7-15(26)27)18(32)23-13(8-16(28)29)20(34)24-12(6-10-4-2-1-3-5-10)19(33)25-14(21(35)36)9-17(30)31/h1-5,11-14H,6-9,22H2,(H,23,32)(H,24,34)(H,25,33)(H,26,27)(H,28,29)(H,30,31)(H,35,36). The number of hydrogen-bond acceptors (Lipinski definition) is 8. The number of nitrogens with two attached hydrogens (primary N) is 1. The van der Waals surface area contributed by atoms with Crippen LogP contribution in [0.1, 0.15) is 24.8 Å². The molecule has 0 saturated carbocycles. The van der Waals surface area contributed by atoms with Gasteiger partial charge >= 0.3 is 23.9 Å². The molecule has 1 aromatic carbocycles. The fourth-order valence-electron chi connectivity index (χ4n) is 2.92. The van der Waals surface area contributed by atoms with E-state index in [0.717, 1.165) is 0 Å². The lowest BCUT2D eigenvalue weighted by atomic mass is 10.0. The fraction of sp³-hybridized carbons (Fsp3) is 0.381. The predicted molar refractivity (Wildman–Crippen MR) is 118 cm³/mol. The van der Waals surface area contributed by atoms with Crippen molar-refractivity contribution in [2.75, 3.05) is 0 Å². The first-order valence-electron chi connectivity index (χ1n) is 10.4. The van der Waals surface area contributed by atoms with Gasteiger partial charge in [0.25, 0.3) is 0 Å². The van der Waals surface area contributed by atoms with Crippen LogP contribution in [0.5, 0.6) is 0 Å². The van der Waals surface area contributed by atoms with Crippen molar-refractivity contribution in [2.45, 2.75) is 49.9 Å². The van der Waals surface area contributed by atoms with Crippen LogP contribution in [0, 0.1) is 0 Å². The molecule has 196 valence electrons. The zero-order chi connectivity index (χ0) is 27.4. The normalized spacial score (nSPS) is 13.8. The topological polar surface area (TPSA) is 263 Å². The second-order valence-electron chi connectivity index (χ2n) is 7.61. The van der Waals surface area contributed by atoms with Crippen LogP contribution in [0.3, 0.4) is 0 Å². The lowest BCUT2D eigenvalue weighted by Gasteiger charge is -2.24. The summed E-state index contributed by atoms with van der Waals surface area (Å²) in [6.45, 7) is 0. The van der Waals surface area contributed by atoms with Crippen molar-refractivity contribution in [1.29, 1.82) is 0 Å². The molecule has 0 fully saturated rings. The van der Waals surface area contributed by atoms with Crippen LogP contribution >= 0.6 is 0 Å². The molecule has 0 aromatic heterocycles. The smallest absolute Gasteiger partial charge is 0.326 e. The van der Waals surface area contributed by atoms with Crippen LogP contribution in [0.4, 0.5) is 0 Å². The fourth-order valence-corrected chi connectivity index (χ4v) is 2.92. The zero-order valence-corrected chi connectivity index (χ0v) is 18.7. The van der Waals surface area contributed by atoms with Crippen molar-refractivity contribution in [3.05, 3.63) is 35.9 Å². The van der Waals surface area contributed by atoms with Gasteiger partial charge in [0, 0.05) is 6.42 Å². The minimum absolute atomic E-state index is 0.204. The van der Waals surface area contributed by atoms with E-state index in [9.17, 15) is 38.7 Å². The number of benzene rings is 1. The minimum Gasteiger partial charge on any atom is -0.481 e. The van der Waals surface area contributed by atoms with E-state index in [4.69, 9.17) is 21.1 Å². The van der Waals surface area contributed by atoms with Gasteiger partial charge in [-0.3, -0.25) is 28.8 Å². The van der Waals surface area contributed by atoms with E-state index in [1.807, 2.05) is 10.6 Å². The van der Waals surface area contributed by atoms with Crippen LogP contribution in [-0.2, 0) is 40.0 Å². The van der Waals surface area contributed by atoms with Gasteiger partial charge in [-0.15, -0.1) is 0 Å². The first kappa shape index (κ1) is 29.5. The molecule has 4 unspecified atom stereocenters. The second-order valence-corrected chi connectivity index (χ2v) is 7.61. The van der Waals surface area contributed by atoms with E-state index in [1.54, 1.807) is 30.3 Å². The van der Waals surface area contributed by atoms with E-state index < -0.39 is 85.0 Å². The van der Waals surface area contributed by atoms with Crippen LogP contribution in [0.15, 0.2) is 30.3 Å². The molecule has 0 aliphatic carbocycles. The average molecular weight is 510 g/mol. The Kier molecular flexibility index (Phi) is 11.5. The van der Waals surface area contributed by atoms with E-state index in [1.165, 1.54) is 0 Å². The van der Waals surface area contributed by atoms with Crippen LogP contribution in [-0.4, -0.2) is 86.2 Å². The summed E-state index contributed by atoms with van der Waals surface area (Å²) in [5.41, 5.74) is 5.94. The van der Waals surface area contributed by atoms with Gasteiger partial charge in [0.05, 0.1) is 25.3 Å². The molecule has 0 saturated heterocycles. The van der Waals surface area contributed by atoms with Crippen molar-refractivity contribution in [1.82, 2.24) is 16.0 Å². The molecule has 15 nitrogen and oxygen atoms in total. The first-order chi connectivity index (χ1) is 16.8.